The molecule has 1 spiro atoms. The van der Waals surface area contributed by atoms with Crippen molar-refractivity contribution in [2.75, 3.05) is 13.1 Å². The van der Waals surface area contributed by atoms with Crippen molar-refractivity contribution in [2.45, 2.75) is 70.9 Å². The van der Waals surface area contributed by atoms with Gasteiger partial charge >= 0.3 is 12.3 Å². The number of rotatable bonds is 1. The van der Waals surface area contributed by atoms with E-state index in [1.54, 1.807) is 34.6 Å². The van der Waals surface area contributed by atoms with Crippen LogP contribution in [-0.2, 0) is 21.3 Å². The van der Waals surface area contributed by atoms with Gasteiger partial charge in [0.05, 0.1) is 17.2 Å². The molecule has 1 fully saturated rings. The number of amides is 1. The Morgan fingerprint density at radius 2 is 1.83 bits per heavy atom. The largest absolute Gasteiger partial charge is 0.444 e. The monoisotopic (exact) mass is 425 g/mol. The lowest BCUT2D eigenvalue weighted by Gasteiger charge is -2.40. The minimum Gasteiger partial charge on any atom is -0.444 e. The van der Waals surface area contributed by atoms with Gasteiger partial charge in [-0.3, -0.25) is 0 Å². The minimum absolute atomic E-state index is 0.217. The minimum atomic E-state index is -4.59. The van der Waals surface area contributed by atoms with E-state index < -0.39 is 40.7 Å². The topological polar surface area (TPSA) is 75.4 Å². The first kappa shape index (κ1) is 22.3. The van der Waals surface area contributed by atoms with Crippen molar-refractivity contribution in [1.29, 1.82) is 5.26 Å². The highest BCUT2D eigenvalue weighted by Crippen LogP contribution is 2.54. The molecule has 0 aromatic carbocycles. The number of aromatic nitrogens is 1. The summed E-state index contributed by atoms with van der Waals surface area (Å²) in [6.07, 6.45) is -5.23. The highest BCUT2D eigenvalue weighted by molar-refractivity contribution is 5.68. The number of halogens is 3. The molecule has 1 aromatic rings. The number of hydrogen-bond donors (Lipinski definition) is 0. The fraction of sp³-hybridized carbons (Fsp3) is 0.667. The van der Waals surface area contributed by atoms with Crippen LogP contribution in [0.1, 0.15) is 70.5 Å². The van der Waals surface area contributed by atoms with Crippen molar-refractivity contribution in [3.8, 4) is 6.07 Å². The molecular weight excluding hydrogens is 399 g/mol. The average molecular weight is 425 g/mol. The number of nitriles is 1. The third-order valence-corrected chi connectivity index (χ3v) is 5.44. The van der Waals surface area contributed by atoms with Crippen molar-refractivity contribution in [2.24, 2.45) is 5.41 Å². The van der Waals surface area contributed by atoms with Gasteiger partial charge in [-0.15, -0.1) is 0 Å². The summed E-state index contributed by atoms with van der Waals surface area (Å²) in [6, 6.07) is 4.48. The van der Waals surface area contributed by atoms with E-state index in [0.29, 0.717) is 5.56 Å². The van der Waals surface area contributed by atoms with E-state index in [-0.39, 0.29) is 31.6 Å². The molecule has 0 aliphatic carbocycles. The summed E-state index contributed by atoms with van der Waals surface area (Å²) in [6.45, 7) is 9.19. The Balaban J connectivity index is 1.94. The number of carbonyl (C=O) groups excluding carboxylic acids is 1. The predicted molar refractivity (Wildman–Crippen MR) is 101 cm³/mol. The quantitative estimate of drug-likeness (QED) is 0.637. The zero-order chi connectivity index (χ0) is 22.5. The molecule has 9 heteroatoms. The number of likely N-dealkylation sites (tertiary alicyclic amines) is 1. The van der Waals surface area contributed by atoms with Crippen LogP contribution < -0.4 is 0 Å². The van der Waals surface area contributed by atoms with Crippen molar-refractivity contribution in [3.63, 3.8) is 0 Å². The van der Waals surface area contributed by atoms with E-state index in [0.717, 1.165) is 6.07 Å². The SMILES string of the molecule is CC(C)(C)OC(=O)N1CCC2(CC1)O[C@H](C(C)(C)C#N)c1ccc(C(F)(F)F)nc12. The lowest BCUT2D eigenvalue weighted by atomic mass is 9.82. The van der Waals surface area contributed by atoms with Crippen molar-refractivity contribution in [3.05, 3.63) is 29.1 Å². The lowest BCUT2D eigenvalue weighted by molar-refractivity contribution is -0.143. The maximum Gasteiger partial charge on any atom is 0.433 e. The number of alkyl halides is 3. The van der Waals surface area contributed by atoms with Gasteiger partial charge in [-0.1, -0.05) is 6.07 Å². The van der Waals surface area contributed by atoms with Crippen LogP contribution in [0.25, 0.3) is 0 Å². The molecule has 0 N–H and O–H groups in total. The van der Waals surface area contributed by atoms with Gasteiger partial charge in [-0.05, 0) is 53.5 Å². The third kappa shape index (κ3) is 4.10. The summed E-state index contributed by atoms with van der Waals surface area (Å²) < 4.78 is 51.6. The van der Waals surface area contributed by atoms with Crippen molar-refractivity contribution in [1.82, 2.24) is 9.88 Å². The highest BCUT2D eigenvalue weighted by atomic mass is 19.4. The van der Waals surface area contributed by atoms with Crippen LogP contribution in [0.3, 0.4) is 0 Å². The van der Waals surface area contributed by atoms with Gasteiger partial charge in [0.2, 0.25) is 0 Å². The summed E-state index contributed by atoms with van der Waals surface area (Å²) >= 11 is 0. The number of fused-ring (bicyclic) bond motifs is 2. The molecule has 2 aliphatic heterocycles. The molecule has 3 heterocycles. The second-order valence-corrected chi connectivity index (χ2v) is 9.43. The van der Waals surface area contributed by atoms with Crippen LogP contribution in [0.4, 0.5) is 18.0 Å². The molecule has 0 bridgehead atoms. The normalized spacial score (nSPS) is 21.3. The maximum atomic E-state index is 13.3. The van der Waals surface area contributed by atoms with Crippen LogP contribution in [0.2, 0.25) is 0 Å². The Morgan fingerprint density at radius 3 is 2.33 bits per heavy atom. The number of ether oxygens (including phenoxy) is 2. The number of pyridine rings is 1. The summed E-state index contributed by atoms with van der Waals surface area (Å²) in [5, 5.41) is 9.57. The van der Waals surface area contributed by atoms with Crippen molar-refractivity contribution >= 4 is 6.09 Å². The van der Waals surface area contributed by atoms with E-state index >= 15 is 0 Å². The van der Waals surface area contributed by atoms with E-state index in [4.69, 9.17) is 9.47 Å². The van der Waals surface area contributed by atoms with Gasteiger partial charge in [-0.25, -0.2) is 9.78 Å². The van der Waals surface area contributed by atoms with E-state index in [2.05, 4.69) is 11.1 Å². The van der Waals surface area contributed by atoms with Gasteiger partial charge in [0.1, 0.15) is 23.0 Å². The predicted octanol–water partition coefficient (Wildman–Crippen LogP) is 4.95. The molecule has 1 aromatic heterocycles. The molecule has 0 radical (unpaired) electrons. The Hall–Kier alpha value is -2.34. The Labute approximate surface area is 174 Å². The summed E-state index contributed by atoms with van der Waals surface area (Å²) in [4.78, 5) is 17.8. The number of hydrogen-bond acceptors (Lipinski definition) is 5. The molecule has 3 rings (SSSR count). The van der Waals surface area contributed by atoms with Gasteiger partial charge in [0.25, 0.3) is 0 Å². The van der Waals surface area contributed by atoms with Gasteiger partial charge < -0.3 is 14.4 Å². The van der Waals surface area contributed by atoms with Crippen LogP contribution >= 0.6 is 0 Å². The molecule has 6 nitrogen and oxygen atoms in total. The molecule has 1 saturated heterocycles. The second-order valence-electron chi connectivity index (χ2n) is 9.43. The van der Waals surface area contributed by atoms with Gasteiger partial charge in [0.15, 0.2) is 0 Å². The van der Waals surface area contributed by atoms with Gasteiger partial charge in [-0.2, -0.15) is 18.4 Å². The molecule has 30 heavy (non-hydrogen) atoms. The van der Waals surface area contributed by atoms with Gasteiger partial charge in [0, 0.05) is 18.7 Å². The number of piperidine rings is 1. The fourth-order valence-electron chi connectivity index (χ4n) is 3.88. The zero-order valence-electron chi connectivity index (χ0n) is 17.8. The van der Waals surface area contributed by atoms with Crippen molar-refractivity contribution < 1.29 is 27.4 Å². The third-order valence-electron chi connectivity index (χ3n) is 5.44. The van der Waals surface area contributed by atoms with Crippen LogP contribution in [0.5, 0.6) is 0 Å². The van der Waals surface area contributed by atoms with E-state index in [1.165, 1.54) is 11.0 Å². The maximum absolute atomic E-state index is 13.3. The first-order chi connectivity index (χ1) is 13.7. The Morgan fingerprint density at radius 1 is 1.23 bits per heavy atom. The van der Waals surface area contributed by atoms with E-state index in [1.807, 2.05) is 0 Å². The number of carbonyl (C=O) groups is 1. The second kappa shape index (κ2) is 7.12. The Bertz CT molecular complexity index is 876. The summed E-state index contributed by atoms with van der Waals surface area (Å²) in [7, 11) is 0. The zero-order valence-corrected chi connectivity index (χ0v) is 17.8. The lowest BCUT2D eigenvalue weighted by Crippen LogP contribution is -2.47. The average Bonchev–Trinajstić information content (AvgIpc) is 2.95. The van der Waals surface area contributed by atoms with E-state index in [9.17, 15) is 23.2 Å². The van der Waals surface area contributed by atoms with Crippen LogP contribution in [-0.4, -0.2) is 34.7 Å². The van der Waals surface area contributed by atoms with Crippen LogP contribution in [0, 0.1) is 16.7 Å². The smallest absolute Gasteiger partial charge is 0.433 e. The van der Waals surface area contributed by atoms with Crippen LogP contribution in [0.15, 0.2) is 12.1 Å². The molecule has 0 unspecified atom stereocenters. The Kier molecular flexibility index (Phi) is 5.30. The molecule has 0 saturated carbocycles. The fourth-order valence-corrected chi connectivity index (χ4v) is 3.88. The summed E-state index contributed by atoms with van der Waals surface area (Å²) in [5.41, 5.74) is -2.95. The molecular formula is C21H26F3N3O3. The molecule has 164 valence electrons. The highest BCUT2D eigenvalue weighted by Gasteiger charge is 2.53. The number of nitrogens with zero attached hydrogens (tertiary/aromatic N) is 3. The molecule has 1 atom stereocenters. The first-order valence-corrected chi connectivity index (χ1v) is 9.84. The summed E-state index contributed by atoms with van der Waals surface area (Å²) in [5.74, 6) is 0. The standard InChI is InChI=1S/C21H26F3N3O3/c1-18(2,3)30-17(28)27-10-8-20(9-11-27)15-13(16(29-20)19(4,5)12-25)6-7-14(26-15)21(22,23)24/h6-7,16H,8-11H2,1-5H3/t16-/m0/s1. The molecule has 2 aliphatic rings. The molecule has 1 amide bonds. The first-order valence-electron chi connectivity index (χ1n) is 9.84.